The van der Waals surface area contributed by atoms with Crippen LogP contribution in [0.25, 0.3) is 33.6 Å². The summed E-state index contributed by atoms with van der Waals surface area (Å²) >= 11 is 0. The van der Waals surface area contributed by atoms with Crippen LogP contribution < -0.4 is 10.7 Å². The first-order valence-corrected chi connectivity index (χ1v) is 10.6. The fraction of sp³-hybridized carbons (Fsp3) is 0.154. The van der Waals surface area contributed by atoms with E-state index in [1.54, 1.807) is 38.0 Å². The SMILES string of the molecule is Cc1cc([C@@H](C)Nc2cccnc2-c2cnoc2)c2oc(-c3cccnc3)c(C)c(=O)c2c1. The zero-order chi connectivity index (χ0) is 22.9. The number of hydrogen-bond acceptors (Lipinski definition) is 7. The highest BCUT2D eigenvalue weighted by molar-refractivity contribution is 5.85. The van der Waals surface area contributed by atoms with Crippen LogP contribution in [0.15, 0.2) is 81.2 Å². The molecule has 7 heteroatoms. The number of aromatic nitrogens is 3. The van der Waals surface area contributed by atoms with Crippen molar-refractivity contribution in [1.82, 2.24) is 15.1 Å². The molecule has 0 saturated carbocycles. The Labute approximate surface area is 190 Å². The molecule has 0 spiro atoms. The first kappa shape index (κ1) is 20.6. The monoisotopic (exact) mass is 438 g/mol. The van der Waals surface area contributed by atoms with E-state index >= 15 is 0 Å². The molecule has 0 saturated heterocycles. The molecule has 5 rings (SSSR count). The Hall–Kier alpha value is -4.26. The van der Waals surface area contributed by atoms with E-state index in [-0.39, 0.29) is 11.5 Å². The van der Waals surface area contributed by atoms with E-state index < -0.39 is 0 Å². The van der Waals surface area contributed by atoms with Crippen molar-refractivity contribution in [1.29, 1.82) is 0 Å². The third-order valence-electron chi connectivity index (χ3n) is 5.67. The predicted molar refractivity (Wildman–Crippen MR) is 127 cm³/mol. The minimum Gasteiger partial charge on any atom is -0.455 e. The van der Waals surface area contributed by atoms with E-state index in [1.807, 2.05) is 50.2 Å². The van der Waals surface area contributed by atoms with E-state index in [2.05, 4.69) is 20.4 Å². The number of rotatable bonds is 5. The second-order valence-electron chi connectivity index (χ2n) is 8.04. The lowest BCUT2D eigenvalue weighted by atomic mass is 9.99. The Bertz CT molecular complexity index is 1490. The van der Waals surface area contributed by atoms with Crippen molar-refractivity contribution in [2.75, 3.05) is 5.32 Å². The van der Waals surface area contributed by atoms with Crippen molar-refractivity contribution in [2.24, 2.45) is 0 Å². The number of nitrogens with one attached hydrogen (secondary N) is 1. The number of fused-ring (bicyclic) bond motifs is 1. The second kappa shape index (κ2) is 8.35. The Morgan fingerprint density at radius 2 is 1.88 bits per heavy atom. The molecular formula is C26H22N4O3. The second-order valence-corrected chi connectivity index (χ2v) is 8.04. The fourth-order valence-corrected chi connectivity index (χ4v) is 4.05. The lowest BCUT2D eigenvalue weighted by molar-refractivity contribution is 0.420. The molecule has 4 aromatic heterocycles. The van der Waals surface area contributed by atoms with E-state index in [0.29, 0.717) is 22.3 Å². The van der Waals surface area contributed by atoms with Crippen LogP contribution in [-0.4, -0.2) is 15.1 Å². The smallest absolute Gasteiger partial charge is 0.196 e. The number of pyridine rings is 2. The predicted octanol–water partition coefficient (Wildman–Crippen LogP) is 5.69. The van der Waals surface area contributed by atoms with E-state index in [9.17, 15) is 4.79 Å². The Kier molecular flexibility index (Phi) is 5.22. The average Bonchev–Trinajstić information content (AvgIpc) is 3.37. The van der Waals surface area contributed by atoms with Gasteiger partial charge in [-0.25, -0.2) is 0 Å². The summed E-state index contributed by atoms with van der Waals surface area (Å²) in [5, 5.41) is 7.87. The van der Waals surface area contributed by atoms with Crippen LogP contribution in [0.1, 0.15) is 29.7 Å². The Morgan fingerprint density at radius 3 is 2.64 bits per heavy atom. The van der Waals surface area contributed by atoms with Crippen LogP contribution in [-0.2, 0) is 0 Å². The van der Waals surface area contributed by atoms with Crippen molar-refractivity contribution >= 4 is 16.7 Å². The maximum Gasteiger partial charge on any atom is 0.196 e. The number of nitrogens with zero attached hydrogens (tertiary/aromatic N) is 3. The number of aryl methyl sites for hydroxylation is 1. The molecule has 0 aliphatic rings. The standard InChI is InChI=1S/C26H22N4O3/c1-15-10-20(17(3)30-22-7-5-9-28-23(22)19-13-29-32-14-19)26-21(11-15)24(31)16(2)25(33-26)18-6-4-8-27-12-18/h4-14,17,30H,1-3H3/t17-/m1/s1. The highest BCUT2D eigenvalue weighted by atomic mass is 16.5. The summed E-state index contributed by atoms with van der Waals surface area (Å²) in [6, 6.07) is 11.3. The van der Waals surface area contributed by atoms with Gasteiger partial charge in [0.05, 0.1) is 34.6 Å². The quantitative estimate of drug-likeness (QED) is 0.376. The number of hydrogen-bond donors (Lipinski definition) is 1. The molecule has 5 aromatic rings. The molecule has 1 N–H and O–H groups in total. The zero-order valence-electron chi connectivity index (χ0n) is 18.5. The highest BCUT2D eigenvalue weighted by Crippen LogP contribution is 2.33. The molecule has 33 heavy (non-hydrogen) atoms. The molecule has 0 bridgehead atoms. The lowest BCUT2D eigenvalue weighted by Crippen LogP contribution is -2.13. The molecule has 7 nitrogen and oxygen atoms in total. The molecule has 0 aliphatic heterocycles. The van der Waals surface area contributed by atoms with Gasteiger partial charge in [-0.3, -0.25) is 14.8 Å². The summed E-state index contributed by atoms with van der Waals surface area (Å²) in [6.45, 7) is 5.80. The van der Waals surface area contributed by atoms with Crippen LogP contribution >= 0.6 is 0 Å². The molecule has 0 fully saturated rings. The van der Waals surface area contributed by atoms with Gasteiger partial charge in [0.2, 0.25) is 0 Å². The van der Waals surface area contributed by atoms with Crippen molar-refractivity contribution in [3.63, 3.8) is 0 Å². The molecule has 0 unspecified atom stereocenters. The summed E-state index contributed by atoms with van der Waals surface area (Å²) in [4.78, 5) is 22.0. The van der Waals surface area contributed by atoms with Crippen LogP contribution in [0.3, 0.4) is 0 Å². The average molecular weight is 438 g/mol. The molecular weight excluding hydrogens is 416 g/mol. The first-order chi connectivity index (χ1) is 16.0. The normalized spacial score (nSPS) is 12.1. The fourth-order valence-electron chi connectivity index (χ4n) is 4.05. The van der Waals surface area contributed by atoms with Crippen LogP contribution in [0.2, 0.25) is 0 Å². The first-order valence-electron chi connectivity index (χ1n) is 10.6. The molecule has 1 atom stereocenters. The van der Waals surface area contributed by atoms with Crippen LogP contribution in [0, 0.1) is 13.8 Å². The van der Waals surface area contributed by atoms with Gasteiger partial charge in [0.1, 0.15) is 17.6 Å². The van der Waals surface area contributed by atoms with E-state index in [4.69, 9.17) is 8.94 Å². The molecule has 164 valence electrons. The number of anilines is 1. The summed E-state index contributed by atoms with van der Waals surface area (Å²) < 4.78 is 11.4. The molecule has 0 aliphatic carbocycles. The van der Waals surface area contributed by atoms with Crippen molar-refractivity contribution < 1.29 is 8.94 Å². The summed E-state index contributed by atoms with van der Waals surface area (Å²) in [6.07, 6.45) is 8.31. The van der Waals surface area contributed by atoms with Gasteiger partial charge >= 0.3 is 0 Å². The maximum absolute atomic E-state index is 13.3. The van der Waals surface area contributed by atoms with Gasteiger partial charge in [-0.05, 0) is 56.7 Å². The largest absolute Gasteiger partial charge is 0.455 e. The number of benzene rings is 1. The molecule has 1 aromatic carbocycles. The highest BCUT2D eigenvalue weighted by Gasteiger charge is 2.20. The summed E-state index contributed by atoms with van der Waals surface area (Å²) in [5.41, 5.74) is 6.05. The third kappa shape index (κ3) is 3.78. The van der Waals surface area contributed by atoms with Gasteiger partial charge < -0.3 is 14.3 Å². The van der Waals surface area contributed by atoms with Crippen LogP contribution in [0.4, 0.5) is 5.69 Å². The Balaban J connectivity index is 1.64. The van der Waals surface area contributed by atoms with E-state index in [0.717, 1.165) is 33.6 Å². The molecule has 4 heterocycles. The van der Waals surface area contributed by atoms with Gasteiger partial charge in [0, 0.05) is 35.3 Å². The van der Waals surface area contributed by atoms with Crippen molar-refractivity contribution in [3.05, 3.63) is 94.4 Å². The van der Waals surface area contributed by atoms with Gasteiger partial charge in [0.15, 0.2) is 5.43 Å². The Morgan fingerprint density at radius 1 is 1.03 bits per heavy atom. The van der Waals surface area contributed by atoms with Gasteiger partial charge in [-0.1, -0.05) is 11.2 Å². The third-order valence-corrected chi connectivity index (χ3v) is 5.67. The van der Waals surface area contributed by atoms with Crippen LogP contribution in [0.5, 0.6) is 0 Å². The van der Waals surface area contributed by atoms with Gasteiger partial charge in [0.25, 0.3) is 0 Å². The lowest BCUT2D eigenvalue weighted by Gasteiger charge is -2.20. The summed E-state index contributed by atoms with van der Waals surface area (Å²) in [7, 11) is 0. The zero-order valence-corrected chi connectivity index (χ0v) is 18.5. The van der Waals surface area contributed by atoms with E-state index in [1.165, 1.54) is 0 Å². The van der Waals surface area contributed by atoms with Gasteiger partial charge in [-0.15, -0.1) is 0 Å². The molecule has 0 radical (unpaired) electrons. The van der Waals surface area contributed by atoms with Crippen molar-refractivity contribution in [2.45, 2.75) is 26.8 Å². The minimum absolute atomic E-state index is 0.0428. The maximum atomic E-state index is 13.3. The van der Waals surface area contributed by atoms with Crippen molar-refractivity contribution in [3.8, 4) is 22.6 Å². The minimum atomic E-state index is -0.178. The molecule has 0 amide bonds. The van der Waals surface area contributed by atoms with Gasteiger partial charge in [-0.2, -0.15) is 0 Å². The topological polar surface area (TPSA) is 94.1 Å². The summed E-state index contributed by atoms with van der Waals surface area (Å²) in [5.74, 6) is 0.532.